The van der Waals surface area contributed by atoms with Crippen molar-refractivity contribution in [3.8, 4) is 0 Å². The van der Waals surface area contributed by atoms with E-state index in [0.717, 1.165) is 18.7 Å². The van der Waals surface area contributed by atoms with E-state index in [-0.39, 0.29) is 12.3 Å². The maximum Gasteiger partial charge on any atom is 0.305 e. The van der Waals surface area contributed by atoms with Crippen LogP contribution in [0.15, 0.2) is 0 Å². The lowest BCUT2D eigenvalue weighted by Crippen LogP contribution is -2.11. The fourth-order valence-corrected chi connectivity index (χ4v) is 1.49. The van der Waals surface area contributed by atoms with Gasteiger partial charge in [-0.15, -0.1) is 5.10 Å². The average molecular weight is 212 g/mol. The molecule has 84 valence electrons. The van der Waals surface area contributed by atoms with Crippen molar-refractivity contribution in [1.82, 2.24) is 20.2 Å². The van der Waals surface area contributed by atoms with Crippen molar-refractivity contribution in [3.05, 3.63) is 5.82 Å². The highest BCUT2D eigenvalue weighted by Gasteiger charge is 2.13. The number of aromatic nitrogens is 4. The monoisotopic (exact) mass is 212 g/mol. The number of rotatable bonds is 6. The summed E-state index contributed by atoms with van der Waals surface area (Å²) < 4.78 is 1.58. The van der Waals surface area contributed by atoms with E-state index in [1.807, 2.05) is 6.92 Å². The Kier molecular flexibility index (Phi) is 4.20. The smallest absolute Gasteiger partial charge is 0.305 e. The van der Waals surface area contributed by atoms with Crippen LogP contribution in [0.5, 0.6) is 0 Å². The second-order valence-electron chi connectivity index (χ2n) is 3.59. The van der Waals surface area contributed by atoms with E-state index >= 15 is 0 Å². The van der Waals surface area contributed by atoms with Crippen LogP contribution in [0.3, 0.4) is 0 Å². The number of hydrogen-bond donors (Lipinski definition) is 1. The summed E-state index contributed by atoms with van der Waals surface area (Å²) in [5, 5.41) is 19.8. The van der Waals surface area contributed by atoms with Gasteiger partial charge < -0.3 is 5.11 Å². The quantitative estimate of drug-likeness (QED) is 0.762. The highest BCUT2D eigenvalue weighted by molar-refractivity contribution is 5.66. The number of tetrazole rings is 1. The first-order valence-corrected chi connectivity index (χ1v) is 5.13. The van der Waals surface area contributed by atoms with Crippen LogP contribution in [0, 0.1) is 0 Å². The van der Waals surface area contributed by atoms with Crippen molar-refractivity contribution in [2.45, 2.75) is 45.6 Å². The fraction of sp³-hybridized carbons (Fsp3) is 0.778. The van der Waals surface area contributed by atoms with Crippen LogP contribution in [-0.4, -0.2) is 31.3 Å². The third kappa shape index (κ3) is 3.30. The Morgan fingerprint density at radius 2 is 2.33 bits per heavy atom. The molecule has 1 N–H and O–H groups in total. The van der Waals surface area contributed by atoms with Crippen LogP contribution >= 0.6 is 0 Å². The van der Waals surface area contributed by atoms with Crippen molar-refractivity contribution in [2.75, 3.05) is 0 Å². The predicted octanol–water partition coefficient (Wildman–Crippen LogP) is 1.05. The lowest BCUT2D eigenvalue weighted by molar-refractivity contribution is -0.137. The summed E-state index contributed by atoms with van der Waals surface area (Å²) in [4.78, 5) is 10.4. The van der Waals surface area contributed by atoms with Gasteiger partial charge in [0.25, 0.3) is 0 Å². The number of carboxylic acids is 1. The van der Waals surface area contributed by atoms with Crippen LogP contribution < -0.4 is 0 Å². The van der Waals surface area contributed by atoms with Crippen LogP contribution in [0.2, 0.25) is 0 Å². The molecule has 1 heterocycles. The number of aryl methyl sites for hydroxylation is 1. The van der Waals surface area contributed by atoms with E-state index in [4.69, 9.17) is 5.11 Å². The highest BCUT2D eigenvalue weighted by atomic mass is 16.4. The molecule has 1 aromatic rings. The van der Waals surface area contributed by atoms with Crippen LogP contribution in [-0.2, 0) is 11.3 Å². The maximum atomic E-state index is 10.4. The summed E-state index contributed by atoms with van der Waals surface area (Å²) in [6.07, 6.45) is 2.12. The second-order valence-corrected chi connectivity index (χ2v) is 3.59. The van der Waals surface area contributed by atoms with Crippen molar-refractivity contribution in [2.24, 2.45) is 0 Å². The molecule has 0 spiro atoms. The number of carbonyl (C=O) groups is 1. The van der Waals surface area contributed by atoms with Crippen molar-refractivity contribution >= 4 is 5.97 Å². The molecule has 0 aromatic carbocycles. The van der Waals surface area contributed by atoms with Gasteiger partial charge in [0.1, 0.15) is 0 Å². The summed E-state index contributed by atoms with van der Waals surface area (Å²) >= 11 is 0. The molecule has 1 rings (SSSR count). The third-order valence-corrected chi connectivity index (χ3v) is 2.26. The van der Waals surface area contributed by atoms with E-state index in [1.54, 1.807) is 4.68 Å². The van der Waals surface area contributed by atoms with Crippen LogP contribution in [0.25, 0.3) is 0 Å². The first-order chi connectivity index (χ1) is 7.15. The summed E-state index contributed by atoms with van der Waals surface area (Å²) in [5.74, 6) is 0.219. The van der Waals surface area contributed by atoms with Gasteiger partial charge in [-0.05, 0) is 16.8 Å². The number of carboxylic acid groups (broad SMARTS) is 1. The van der Waals surface area contributed by atoms with Gasteiger partial charge in [-0.2, -0.15) is 0 Å². The Hall–Kier alpha value is -1.46. The number of hydrogen-bond acceptors (Lipinski definition) is 4. The van der Waals surface area contributed by atoms with Crippen molar-refractivity contribution in [3.63, 3.8) is 0 Å². The first kappa shape index (κ1) is 11.6. The molecule has 6 nitrogen and oxygen atoms in total. The number of nitrogens with zero attached hydrogens (tertiary/aromatic N) is 4. The minimum absolute atomic E-state index is 0.0525. The van der Waals surface area contributed by atoms with Gasteiger partial charge >= 0.3 is 5.97 Å². The SMILES string of the molecule is CCCC(C)c1nnnn1CCC(=O)O. The van der Waals surface area contributed by atoms with Crippen LogP contribution in [0.1, 0.15) is 44.9 Å². The summed E-state index contributed by atoms with van der Waals surface area (Å²) in [7, 11) is 0. The molecule has 0 amide bonds. The second kappa shape index (κ2) is 5.43. The van der Waals surface area contributed by atoms with E-state index in [9.17, 15) is 4.79 Å². The van der Waals surface area contributed by atoms with E-state index < -0.39 is 5.97 Å². The topological polar surface area (TPSA) is 80.9 Å². The van der Waals surface area contributed by atoms with E-state index in [0.29, 0.717) is 6.54 Å². The lowest BCUT2D eigenvalue weighted by Gasteiger charge is -2.09. The summed E-state index contributed by atoms with van der Waals surface area (Å²) in [6, 6.07) is 0. The normalized spacial score (nSPS) is 12.7. The van der Waals surface area contributed by atoms with Gasteiger partial charge in [0.05, 0.1) is 13.0 Å². The Morgan fingerprint density at radius 3 is 2.93 bits per heavy atom. The summed E-state index contributed by atoms with van der Waals surface area (Å²) in [5.41, 5.74) is 0. The van der Waals surface area contributed by atoms with Crippen LogP contribution in [0.4, 0.5) is 0 Å². The molecule has 15 heavy (non-hydrogen) atoms. The molecule has 1 unspecified atom stereocenters. The largest absolute Gasteiger partial charge is 0.481 e. The molecule has 6 heteroatoms. The number of aliphatic carboxylic acids is 1. The van der Waals surface area contributed by atoms with Gasteiger partial charge in [0.2, 0.25) is 0 Å². The molecular weight excluding hydrogens is 196 g/mol. The Balaban J connectivity index is 2.64. The molecule has 0 saturated carbocycles. The Bertz CT molecular complexity index is 324. The molecule has 0 saturated heterocycles. The Morgan fingerprint density at radius 1 is 1.60 bits per heavy atom. The molecule has 0 aliphatic carbocycles. The zero-order valence-electron chi connectivity index (χ0n) is 9.05. The predicted molar refractivity (Wildman–Crippen MR) is 53.4 cm³/mol. The van der Waals surface area contributed by atoms with Crippen molar-refractivity contribution in [1.29, 1.82) is 0 Å². The highest BCUT2D eigenvalue weighted by Crippen LogP contribution is 2.17. The van der Waals surface area contributed by atoms with E-state index in [2.05, 4.69) is 22.4 Å². The molecule has 0 aliphatic heterocycles. The molecule has 1 atom stereocenters. The molecular formula is C9H16N4O2. The van der Waals surface area contributed by atoms with Crippen molar-refractivity contribution < 1.29 is 9.90 Å². The lowest BCUT2D eigenvalue weighted by atomic mass is 10.1. The summed E-state index contributed by atoms with van der Waals surface area (Å²) in [6.45, 7) is 4.49. The maximum absolute atomic E-state index is 10.4. The zero-order chi connectivity index (χ0) is 11.3. The van der Waals surface area contributed by atoms with Gasteiger partial charge in [-0.3, -0.25) is 4.79 Å². The third-order valence-electron chi connectivity index (χ3n) is 2.26. The van der Waals surface area contributed by atoms with Gasteiger partial charge in [0.15, 0.2) is 5.82 Å². The average Bonchev–Trinajstić information content (AvgIpc) is 2.62. The zero-order valence-corrected chi connectivity index (χ0v) is 9.05. The first-order valence-electron chi connectivity index (χ1n) is 5.13. The minimum Gasteiger partial charge on any atom is -0.481 e. The van der Waals surface area contributed by atoms with Gasteiger partial charge in [0, 0.05) is 5.92 Å². The van der Waals surface area contributed by atoms with Gasteiger partial charge in [-0.25, -0.2) is 4.68 Å². The minimum atomic E-state index is -0.834. The van der Waals surface area contributed by atoms with Gasteiger partial charge in [-0.1, -0.05) is 20.3 Å². The Labute approximate surface area is 88.3 Å². The molecule has 0 bridgehead atoms. The molecule has 1 aromatic heterocycles. The fourth-order valence-electron chi connectivity index (χ4n) is 1.49. The standard InChI is InChI=1S/C9H16N4O2/c1-3-4-7(2)9-10-11-12-13(9)6-5-8(14)15/h7H,3-6H2,1-2H3,(H,14,15). The molecule has 0 fully saturated rings. The van der Waals surface area contributed by atoms with E-state index in [1.165, 1.54) is 0 Å². The molecule has 0 radical (unpaired) electrons. The molecule has 0 aliphatic rings.